The number of fused-ring (bicyclic) bond motifs is 1. The van der Waals surface area contributed by atoms with Crippen molar-refractivity contribution < 1.29 is 4.79 Å². The number of amides is 1. The average Bonchev–Trinajstić information content (AvgIpc) is 3.05. The quantitative estimate of drug-likeness (QED) is 0.695. The lowest BCUT2D eigenvalue weighted by Gasteiger charge is -2.32. The Morgan fingerprint density at radius 1 is 1.10 bits per heavy atom. The van der Waals surface area contributed by atoms with E-state index in [4.69, 9.17) is 16.4 Å². The third kappa shape index (κ3) is 5.16. The predicted molar refractivity (Wildman–Crippen MR) is 125 cm³/mol. The summed E-state index contributed by atoms with van der Waals surface area (Å²) in [6.45, 7) is 6.18. The van der Waals surface area contributed by atoms with Crippen molar-refractivity contribution in [3.63, 3.8) is 0 Å². The number of carbonyl (C=O) groups is 1. The van der Waals surface area contributed by atoms with E-state index in [1.165, 1.54) is 32.1 Å². The van der Waals surface area contributed by atoms with Gasteiger partial charge in [0.05, 0.1) is 18.6 Å². The summed E-state index contributed by atoms with van der Waals surface area (Å²) in [6.07, 6.45) is 12.9. The van der Waals surface area contributed by atoms with Crippen molar-refractivity contribution in [2.45, 2.75) is 58.0 Å². The van der Waals surface area contributed by atoms with Crippen LogP contribution in [-0.4, -0.2) is 64.4 Å². The molecule has 2 heterocycles. The lowest BCUT2D eigenvalue weighted by Crippen LogP contribution is -2.37. The van der Waals surface area contributed by atoms with Gasteiger partial charge in [-0.2, -0.15) is 0 Å². The Hall–Kier alpha value is -2.65. The van der Waals surface area contributed by atoms with Crippen molar-refractivity contribution in [2.75, 3.05) is 37.6 Å². The number of carbonyl (C=O) groups excluding carboxylic acids is 1. The number of hydrogen-bond donors (Lipinski definition) is 0. The molecule has 0 unspecified atom stereocenters. The van der Waals surface area contributed by atoms with Crippen LogP contribution in [0.15, 0.2) is 24.3 Å². The van der Waals surface area contributed by atoms with Gasteiger partial charge in [-0.3, -0.25) is 9.69 Å². The zero-order chi connectivity index (χ0) is 21.6. The van der Waals surface area contributed by atoms with E-state index in [-0.39, 0.29) is 5.91 Å². The van der Waals surface area contributed by atoms with Crippen molar-refractivity contribution in [1.82, 2.24) is 19.8 Å². The molecule has 1 aromatic heterocycles. The number of nitrogens with zero attached hydrogens (tertiary/aromatic N) is 5. The van der Waals surface area contributed by atoms with E-state index in [1.54, 1.807) is 6.92 Å². The monoisotopic (exact) mass is 419 g/mol. The lowest BCUT2D eigenvalue weighted by atomic mass is 9.94. The fourth-order valence-electron chi connectivity index (χ4n) is 4.92. The van der Waals surface area contributed by atoms with E-state index in [0.717, 1.165) is 55.1 Å². The molecule has 0 bridgehead atoms. The fourth-order valence-corrected chi connectivity index (χ4v) is 4.92. The highest BCUT2D eigenvalue weighted by Gasteiger charge is 2.24. The molecule has 0 N–H and O–H groups in total. The molecule has 6 nitrogen and oxygen atoms in total. The van der Waals surface area contributed by atoms with Gasteiger partial charge in [-0.15, -0.1) is 6.42 Å². The number of terminal acetylenes is 1. The Labute approximate surface area is 185 Å². The Morgan fingerprint density at radius 2 is 1.90 bits per heavy atom. The molecule has 0 radical (unpaired) electrons. The molecule has 1 aromatic carbocycles. The second-order valence-corrected chi connectivity index (χ2v) is 8.73. The number of anilines is 1. The standard InChI is InChI=1S/C25H33N5O/c1-3-14-30(21-10-5-4-6-11-21)19-24-26-23-13-8-7-12-22(23)25(27-24)29-16-9-15-28(17-18-29)20(2)31/h1,7-8,12-13,21H,4-6,9-11,14-19H2,2H3. The van der Waals surface area contributed by atoms with Crippen LogP contribution in [0.4, 0.5) is 5.82 Å². The zero-order valence-electron chi connectivity index (χ0n) is 18.6. The Bertz CT molecular complexity index is 947. The number of aromatic nitrogens is 2. The molecule has 4 rings (SSSR count). The van der Waals surface area contributed by atoms with Crippen molar-refractivity contribution in [1.29, 1.82) is 0 Å². The minimum Gasteiger partial charge on any atom is -0.354 e. The van der Waals surface area contributed by atoms with Crippen molar-refractivity contribution in [2.24, 2.45) is 0 Å². The van der Waals surface area contributed by atoms with Gasteiger partial charge in [0.15, 0.2) is 0 Å². The molecule has 2 aliphatic rings. The van der Waals surface area contributed by atoms with Crippen molar-refractivity contribution >= 4 is 22.6 Å². The van der Waals surface area contributed by atoms with E-state index in [2.05, 4.69) is 27.9 Å². The first-order valence-electron chi connectivity index (χ1n) is 11.6. The summed E-state index contributed by atoms with van der Waals surface area (Å²) >= 11 is 0. The summed E-state index contributed by atoms with van der Waals surface area (Å²) in [6, 6.07) is 8.76. The molecule has 1 amide bonds. The number of benzene rings is 1. The smallest absolute Gasteiger partial charge is 0.219 e. The molecule has 0 atom stereocenters. The van der Waals surface area contributed by atoms with Gasteiger partial charge < -0.3 is 9.80 Å². The minimum atomic E-state index is 0.146. The van der Waals surface area contributed by atoms with Gasteiger partial charge in [0.1, 0.15) is 11.6 Å². The Balaban J connectivity index is 1.63. The highest BCUT2D eigenvalue weighted by Crippen LogP contribution is 2.27. The summed E-state index contributed by atoms with van der Waals surface area (Å²) in [4.78, 5) is 28.4. The van der Waals surface area contributed by atoms with E-state index in [1.807, 2.05) is 17.0 Å². The molecule has 31 heavy (non-hydrogen) atoms. The average molecular weight is 420 g/mol. The van der Waals surface area contributed by atoms with Gasteiger partial charge in [0.25, 0.3) is 0 Å². The Kier molecular flexibility index (Phi) is 7.03. The molecule has 2 aromatic rings. The molecule has 6 heteroatoms. The highest BCUT2D eigenvalue weighted by molar-refractivity contribution is 5.89. The first-order chi connectivity index (χ1) is 15.2. The normalized spacial score (nSPS) is 18.2. The maximum absolute atomic E-state index is 11.9. The van der Waals surface area contributed by atoms with Gasteiger partial charge in [-0.05, 0) is 31.4 Å². The Morgan fingerprint density at radius 3 is 2.68 bits per heavy atom. The van der Waals surface area contributed by atoms with Gasteiger partial charge in [0.2, 0.25) is 5.91 Å². The maximum atomic E-state index is 11.9. The molecule has 1 aliphatic heterocycles. The van der Waals surface area contributed by atoms with E-state index in [0.29, 0.717) is 19.1 Å². The molecule has 1 saturated heterocycles. The van der Waals surface area contributed by atoms with Crippen LogP contribution in [0.25, 0.3) is 10.9 Å². The molecule has 1 saturated carbocycles. The van der Waals surface area contributed by atoms with E-state index >= 15 is 0 Å². The molecular weight excluding hydrogens is 386 g/mol. The second kappa shape index (κ2) is 10.1. The van der Waals surface area contributed by atoms with Crippen LogP contribution < -0.4 is 4.90 Å². The molecule has 1 aliphatic carbocycles. The van der Waals surface area contributed by atoms with E-state index < -0.39 is 0 Å². The van der Waals surface area contributed by atoms with Crippen LogP contribution in [0, 0.1) is 12.3 Å². The van der Waals surface area contributed by atoms with Gasteiger partial charge >= 0.3 is 0 Å². The summed E-state index contributed by atoms with van der Waals surface area (Å²) < 4.78 is 0. The molecule has 0 spiro atoms. The molecular formula is C25H33N5O. The van der Waals surface area contributed by atoms with Crippen molar-refractivity contribution in [3.05, 3.63) is 30.1 Å². The largest absolute Gasteiger partial charge is 0.354 e. The van der Waals surface area contributed by atoms with Crippen LogP contribution in [-0.2, 0) is 11.3 Å². The number of para-hydroxylation sites is 1. The van der Waals surface area contributed by atoms with Crippen LogP contribution in [0.5, 0.6) is 0 Å². The summed E-state index contributed by atoms with van der Waals surface area (Å²) in [5.74, 6) is 4.81. The zero-order valence-corrected chi connectivity index (χ0v) is 18.6. The third-order valence-corrected chi connectivity index (χ3v) is 6.60. The van der Waals surface area contributed by atoms with E-state index in [9.17, 15) is 4.79 Å². The highest BCUT2D eigenvalue weighted by atomic mass is 16.2. The fraction of sp³-hybridized carbons (Fsp3) is 0.560. The number of rotatable bonds is 5. The van der Waals surface area contributed by atoms with Gasteiger partial charge in [-0.25, -0.2) is 9.97 Å². The molecule has 164 valence electrons. The topological polar surface area (TPSA) is 52.6 Å². The predicted octanol–water partition coefficient (Wildman–Crippen LogP) is 3.46. The minimum absolute atomic E-state index is 0.146. The van der Waals surface area contributed by atoms with Crippen LogP contribution >= 0.6 is 0 Å². The van der Waals surface area contributed by atoms with Crippen molar-refractivity contribution in [3.8, 4) is 12.3 Å². The van der Waals surface area contributed by atoms with Crippen LogP contribution in [0.2, 0.25) is 0 Å². The lowest BCUT2D eigenvalue weighted by molar-refractivity contribution is -0.128. The molecule has 2 fully saturated rings. The summed E-state index contributed by atoms with van der Waals surface area (Å²) in [5.41, 5.74) is 0.972. The van der Waals surface area contributed by atoms with Gasteiger partial charge in [-0.1, -0.05) is 37.3 Å². The summed E-state index contributed by atoms with van der Waals surface area (Å²) in [5, 5.41) is 1.07. The number of hydrogen-bond acceptors (Lipinski definition) is 5. The van der Waals surface area contributed by atoms with Crippen LogP contribution in [0.1, 0.15) is 51.3 Å². The SMILES string of the molecule is C#CCN(Cc1nc(N2CCCN(C(C)=O)CC2)c2ccccc2n1)C1CCCCC1. The van der Waals surface area contributed by atoms with Gasteiger partial charge in [0, 0.05) is 44.5 Å². The first kappa shape index (κ1) is 21.6. The van der Waals surface area contributed by atoms with Crippen LogP contribution in [0.3, 0.4) is 0 Å². The third-order valence-electron chi connectivity index (χ3n) is 6.60. The second-order valence-electron chi connectivity index (χ2n) is 8.73. The first-order valence-corrected chi connectivity index (χ1v) is 11.6. The summed E-state index contributed by atoms with van der Waals surface area (Å²) in [7, 11) is 0. The maximum Gasteiger partial charge on any atom is 0.219 e.